The molecular formula is C40H72O5. The number of esters is 2. The van der Waals surface area contributed by atoms with Crippen LogP contribution < -0.4 is 0 Å². The average molecular weight is 633 g/mol. The van der Waals surface area contributed by atoms with Crippen LogP contribution in [0, 0.1) is 0 Å². The first kappa shape index (κ1) is 43.1. The molecule has 0 saturated heterocycles. The van der Waals surface area contributed by atoms with Crippen LogP contribution >= 0.6 is 0 Å². The van der Waals surface area contributed by atoms with Gasteiger partial charge in [0.2, 0.25) is 0 Å². The Labute approximate surface area is 278 Å². The number of Topliss-reactive ketones (excluding diaryl/α,β-unsaturated/α-hetero) is 1. The summed E-state index contributed by atoms with van der Waals surface area (Å²) in [6, 6.07) is 0. The molecule has 2 atom stereocenters. The standard InChI is InChI=1S/C40H72O5/c1-5-8-10-25-31-37(44-39(42)7-3)33-27-21-18-14-15-19-23-29-35-40(43)45-38(32-26-11-9-6-2)34-28-22-17-13-12-16-20-24-30-36(4)41/h21-22,27-28,37-38H,5-20,23-26,29-35H2,1-4H3/b27-21+,28-22+. The number of hydrogen-bond donors (Lipinski definition) is 0. The van der Waals surface area contributed by atoms with Crippen LogP contribution in [0.25, 0.3) is 0 Å². The number of rotatable bonds is 33. The van der Waals surface area contributed by atoms with E-state index >= 15 is 0 Å². The normalized spacial score (nSPS) is 13.0. The van der Waals surface area contributed by atoms with E-state index in [0.29, 0.717) is 18.6 Å². The first-order valence-electron chi connectivity index (χ1n) is 19.1. The van der Waals surface area contributed by atoms with Crippen LogP contribution in [-0.2, 0) is 23.9 Å². The Balaban J connectivity index is 4.14. The number of allylic oxidation sites excluding steroid dienone is 2. The quantitative estimate of drug-likeness (QED) is 0.0409. The van der Waals surface area contributed by atoms with Gasteiger partial charge in [0.15, 0.2) is 0 Å². The number of ether oxygens (including phenoxy) is 2. The highest BCUT2D eigenvalue weighted by atomic mass is 16.5. The van der Waals surface area contributed by atoms with Crippen molar-refractivity contribution in [2.45, 2.75) is 213 Å². The van der Waals surface area contributed by atoms with Gasteiger partial charge in [0.05, 0.1) is 0 Å². The Bertz CT molecular complexity index is 756. The molecule has 0 saturated carbocycles. The molecule has 2 unspecified atom stereocenters. The zero-order chi connectivity index (χ0) is 33.2. The monoisotopic (exact) mass is 633 g/mol. The Morgan fingerprint density at radius 1 is 0.489 bits per heavy atom. The van der Waals surface area contributed by atoms with Gasteiger partial charge in [-0.25, -0.2) is 0 Å². The van der Waals surface area contributed by atoms with Gasteiger partial charge in [-0.1, -0.05) is 122 Å². The number of ketones is 1. The third-order valence-corrected chi connectivity index (χ3v) is 8.43. The molecule has 0 aliphatic rings. The summed E-state index contributed by atoms with van der Waals surface area (Å²) in [6.07, 6.45) is 37.1. The highest BCUT2D eigenvalue weighted by molar-refractivity contribution is 5.75. The highest BCUT2D eigenvalue weighted by Gasteiger charge is 2.13. The molecule has 0 fully saturated rings. The van der Waals surface area contributed by atoms with Crippen LogP contribution in [0.2, 0.25) is 0 Å². The number of carbonyl (C=O) groups is 3. The summed E-state index contributed by atoms with van der Waals surface area (Å²) >= 11 is 0. The van der Waals surface area contributed by atoms with Gasteiger partial charge >= 0.3 is 11.9 Å². The number of carbonyl (C=O) groups excluding carboxylic acids is 3. The fourth-order valence-electron chi connectivity index (χ4n) is 5.52. The molecule has 45 heavy (non-hydrogen) atoms. The lowest BCUT2D eigenvalue weighted by Crippen LogP contribution is -2.17. The lowest BCUT2D eigenvalue weighted by Gasteiger charge is -2.16. The Kier molecular flexibility index (Phi) is 32.0. The van der Waals surface area contributed by atoms with Crippen molar-refractivity contribution in [2.75, 3.05) is 0 Å². The number of hydrogen-bond acceptors (Lipinski definition) is 5. The first-order valence-corrected chi connectivity index (χ1v) is 19.1. The van der Waals surface area contributed by atoms with Gasteiger partial charge in [-0.15, -0.1) is 0 Å². The third kappa shape index (κ3) is 31.8. The van der Waals surface area contributed by atoms with Crippen LogP contribution in [0.5, 0.6) is 0 Å². The molecule has 0 N–H and O–H groups in total. The first-order chi connectivity index (χ1) is 21.9. The Morgan fingerprint density at radius 3 is 1.38 bits per heavy atom. The van der Waals surface area contributed by atoms with E-state index in [9.17, 15) is 14.4 Å². The van der Waals surface area contributed by atoms with Crippen LogP contribution in [0.4, 0.5) is 0 Å². The molecule has 0 aromatic rings. The minimum atomic E-state index is -0.0939. The van der Waals surface area contributed by atoms with Gasteiger partial charge in [-0.3, -0.25) is 9.59 Å². The predicted octanol–water partition coefficient (Wildman–Crippen LogP) is 12.1. The van der Waals surface area contributed by atoms with E-state index in [2.05, 4.69) is 38.2 Å². The highest BCUT2D eigenvalue weighted by Crippen LogP contribution is 2.17. The van der Waals surface area contributed by atoms with Gasteiger partial charge in [0, 0.05) is 32.1 Å². The van der Waals surface area contributed by atoms with Gasteiger partial charge in [0.25, 0.3) is 0 Å². The van der Waals surface area contributed by atoms with Gasteiger partial charge in [-0.05, 0) is 71.1 Å². The fraction of sp³-hybridized carbons (Fsp3) is 0.825. The fourth-order valence-corrected chi connectivity index (χ4v) is 5.52. The molecule has 0 aliphatic carbocycles. The summed E-state index contributed by atoms with van der Waals surface area (Å²) in [5, 5.41) is 0. The minimum absolute atomic E-state index is 0.00500. The summed E-state index contributed by atoms with van der Waals surface area (Å²) in [7, 11) is 0. The van der Waals surface area contributed by atoms with E-state index in [1.807, 2.05) is 6.92 Å². The molecule has 0 rings (SSSR count). The Hall–Kier alpha value is -1.91. The molecule has 0 aromatic heterocycles. The van der Waals surface area contributed by atoms with Crippen molar-refractivity contribution in [2.24, 2.45) is 0 Å². The van der Waals surface area contributed by atoms with Crippen LogP contribution in [0.3, 0.4) is 0 Å². The Morgan fingerprint density at radius 2 is 0.911 bits per heavy atom. The van der Waals surface area contributed by atoms with Crippen LogP contribution in [-0.4, -0.2) is 29.9 Å². The van der Waals surface area contributed by atoms with Crippen LogP contribution in [0.15, 0.2) is 24.3 Å². The summed E-state index contributed by atoms with van der Waals surface area (Å²) < 4.78 is 11.6. The molecule has 0 bridgehead atoms. The predicted molar refractivity (Wildman–Crippen MR) is 190 cm³/mol. The van der Waals surface area contributed by atoms with Gasteiger partial charge in [0.1, 0.15) is 18.0 Å². The lowest BCUT2D eigenvalue weighted by molar-refractivity contribution is -0.150. The van der Waals surface area contributed by atoms with E-state index in [4.69, 9.17) is 9.47 Å². The van der Waals surface area contributed by atoms with E-state index in [1.54, 1.807) is 6.92 Å². The summed E-state index contributed by atoms with van der Waals surface area (Å²) in [4.78, 5) is 35.4. The van der Waals surface area contributed by atoms with Crippen LogP contribution in [0.1, 0.15) is 201 Å². The smallest absolute Gasteiger partial charge is 0.306 e. The molecule has 0 radical (unpaired) electrons. The zero-order valence-electron chi connectivity index (χ0n) is 30.1. The van der Waals surface area contributed by atoms with Crippen molar-refractivity contribution < 1.29 is 23.9 Å². The zero-order valence-corrected chi connectivity index (χ0v) is 30.1. The van der Waals surface area contributed by atoms with E-state index < -0.39 is 0 Å². The molecule has 0 spiro atoms. The molecule has 0 aliphatic heterocycles. The summed E-state index contributed by atoms with van der Waals surface area (Å²) in [5.74, 6) is 0.166. The van der Waals surface area contributed by atoms with Crippen molar-refractivity contribution in [1.82, 2.24) is 0 Å². The molecule has 0 aromatic carbocycles. The van der Waals surface area contributed by atoms with E-state index in [1.165, 1.54) is 64.2 Å². The summed E-state index contributed by atoms with van der Waals surface area (Å²) in [6.45, 7) is 7.96. The van der Waals surface area contributed by atoms with E-state index in [0.717, 1.165) is 96.3 Å². The van der Waals surface area contributed by atoms with Crippen molar-refractivity contribution >= 4 is 17.7 Å². The third-order valence-electron chi connectivity index (χ3n) is 8.43. The largest absolute Gasteiger partial charge is 0.462 e. The molecule has 5 nitrogen and oxygen atoms in total. The topological polar surface area (TPSA) is 69.7 Å². The maximum absolute atomic E-state index is 12.6. The van der Waals surface area contributed by atoms with Crippen molar-refractivity contribution in [3.63, 3.8) is 0 Å². The van der Waals surface area contributed by atoms with E-state index in [-0.39, 0.29) is 24.1 Å². The maximum atomic E-state index is 12.6. The maximum Gasteiger partial charge on any atom is 0.306 e. The molecule has 0 heterocycles. The van der Waals surface area contributed by atoms with Gasteiger partial charge < -0.3 is 14.3 Å². The van der Waals surface area contributed by atoms with Gasteiger partial charge in [-0.2, -0.15) is 0 Å². The average Bonchev–Trinajstić information content (AvgIpc) is 3.02. The summed E-state index contributed by atoms with van der Waals surface area (Å²) in [5.41, 5.74) is 0. The van der Waals surface area contributed by atoms with Crippen molar-refractivity contribution in [1.29, 1.82) is 0 Å². The second-order valence-electron chi connectivity index (χ2n) is 13.0. The molecule has 5 heteroatoms. The molecule has 262 valence electrons. The van der Waals surface area contributed by atoms with Crippen molar-refractivity contribution in [3.8, 4) is 0 Å². The molecular weight excluding hydrogens is 560 g/mol. The number of unbranched alkanes of at least 4 members (excludes halogenated alkanes) is 16. The SMILES string of the molecule is CCCCCCC(C/C=C/CCCCCCCC(=O)OC(C/C=C/CCCCCCCC(C)=O)CCCCCC)OC(=O)CC. The lowest BCUT2D eigenvalue weighted by atomic mass is 10.0. The second-order valence-corrected chi connectivity index (χ2v) is 13.0. The molecule has 0 amide bonds. The van der Waals surface area contributed by atoms with Crippen molar-refractivity contribution in [3.05, 3.63) is 24.3 Å². The minimum Gasteiger partial charge on any atom is -0.462 e. The second kappa shape index (κ2) is 33.5.